The topological polar surface area (TPSA) is 18.5 Å². The first-order valence-corrected chi connectivity index (χ1v) is 18.5. The number of halogens is 1. The van der Waals surface area contributed by atoms with Crippen molar-refractivity contribution in [2.75, 3.05) is 4.43 Å². The minimum absolute atomic E-state index is 0.248. The van der Waals surface area contributed by atoms with Crippen LogP contribution in [0.4, 0.5) is 0 Å². The molecule has 1 atom stereocenters. The Balaban J connectivity index is 3.36. The molecular weight excluding hydrogens is 515 g/mol. The predicted molar refractivity (Wildman–Crippen MR) is 145 cm³/mol. The van der Waals surface area contributed by atoms with Gasteiger partial charge in [0.1, 0.15) is 5.76 Å². The molecule has 1 aliphatic carbocycles. The zero-order valence-electron chi connectivity index (χ0n) is 21.3. The van der Waals surface area contributed by atoms with E-state index in [1.165, 1.54) is 5.57 Å². The maximum atomic E-state index is 6.87. The molecule has 2 nitrogen and oxygen atoms in total. The van der Waals surface area contributed by atoms with E-state index in [2.05, 4.69) is 122 Å². The monoisotopic (exact) mass is 560 g/mol. The van der Waals surface area contributed by atoms with Gasteiger partial charge in [0.05, 0.1) is 6.26 Å². The molecule has 1 rings (SSSR count). The molecule has 1 unspecified atom stereocenters. The largest absolute Gasteiger partial charge is 0.548 e. The summed E-state index contributed by atoms with van der Waals surface area (Å²) in [4.78, 5) is 0. The zero-order valence-corrected chi connectivity index (χ0v) is 25.4. The molecule has 2 radical (unpaired) electrons. The average Bonchev–Trinajstić information content (AvgIpc) is 2.74. The van der Waals surface area contributed by atoms with Crippen LogP contribution < -0.4 is 0 Å². The fourth-order valence-corrected chi connectivity index (χ4v) is 10.9. The molecular formula is C25H45IO2Si2. The van der Waals surface area contributed by atoms with Crippen molar-refractivity contribution in [2.45, 2.75) is 104 Å². The van der Waals surface area contributed by atoms with Crippen molar-refractivity contribution in [3.8, 4) is 0 Å². The molecule has 0 spiro atoms. The molecule has 0 aliphatic heterocycles. The first kappa shape index (κ1) is 28.0. The van der Waals surface area contributed by atoms with Gasteiger partial charge in [0, 0.05) is 16.4 Å². The normalized spacial score (nSPS) is 20.2. The van der Waals surface area contributed by atoms with Crippen LogP contribution in [-0.2, 0) is 8.85 Å². The highest BCUT2D eigenvalue weighted by Gasteiger charge is 2.46. The van der Waals surface area contributed by atoms with Gasteiger partial charge in [-0.3, -0.25) is 0 Å². The second kappa shape index (κ2) is 11.2. The van der Waals surface area contributed by atoms with Crippen LogP contribution in [0.1, 0.15) is 68.2 Å². The van der Waals surface area contributed by atoms with Crippen molar-refractivity contribution in [1.29, 1.82) is 0 Å². The van der Waals surface area contributed by atoms with Gasteiger partial charge < -0.3 is 8.85 Å². The van der Waals surface area contributed by atoms with Crippen molar-refractivity contribution in [3.63, 3.8) is 0 Å². The van der Waals surface area contributed by atoms with Crippen molar-refractivity contribution < 1.29 is 8.85 Å². The third-order valence-corrected chi connectivity index (χ3v) is 14.8. The molecule has 0 bridgehead atoms. The smallest absolute Gasteiger partial charge is 0.257 e. The van der Waals surface area contributed by atoms with Gasteiger partial charge in [0.2, 0.25) is 8.32 Å². The zero-order chi connectivity index (χ0) is 23.3. The lowest BCUT2D eigenvalue weighted by Crippen LogP contribution is -2.46. The molecule has 0 saturated heterocycles. The fourth-order valence-electron chi connectivity index (χ4n) is 4.64. The summed E-state index contributed by atoms with van der Waals surface area (Å²) >= 11 is 2.51. The van der Waals surface area contributed by atoms with Gasteiger partial charge >= 0.3 is 0 Å². The van der Waals surface area contributed by atoms with Gasteiger partial charge in [-0.05, 0) is 72.2 Å². The Kier molecular flexibility index (Phi) is 10.5. The van der Waals surface area contributed by atoms with E-state index in [0.717, 1.165) is 23.0 Å². The molecule has 0 amide bonds. The van der Waals surface area contributed by atoms with Crippen molar-refractivity contribution in [3.05, 3.63) is 35.8 Å². The Labute approximate surface area is 203 Å². The molecule has 0 fully saturated rings. The first-order valence-electron chi connectivity index (χ1n) is 11.5. The van der Waals surface area contributed by atoms with E-state index in [1.807, 2.05) is 0 Å². The summed E-state index contributed by atoms with van der Waals surface area (Å²) in [5, 5.41) is 0. The predicted octanol–water partition coefficient (Wildman–Crippen LogP) is 8.83. The van der Waals surface area contributed by atoms with Gasteiger partial charge in [0.15, 0.2) is 0 Å². The van der Waals surface area contributed by atoms with Crippen LogP contribution in [-0.4, -0.2) is 21.1 Å². The number of alkyl halides is 1. The second-order valence-corrected chi connectivity index (χ2v) is 22.1. The van der Waals surface area contributed by atoms with E-state index in [4.69, 9.17) is 8.85 Å². The van der Waals surface area contributed by atoms with Crippen LogP contribution in [0.3, 0.4) is 0 Å². The van der Waals surface area contributed by atoms with E-state index >= 15 is 0 Å². The van der Waals surface area contributed by atoms with Crippen LogP contribution in [0.2, 0.25) is 36.3 Å². The molecule has 30 heavy (non-hydrogen) atoms. The number of allylic oxidation sites excluding steroid dienone is 4. The Bertz CT molecular complexity index is 618. The van der Waals surface area contributed by atoms with Crippen LogP contribution in [0, 0.1) is 23.5 Å². The Hall–Kier alpha value is -0.0162. The van der Waals surface area contributed by atoms with E-state index in [1.54, 1.807) is 0 Å². The summed E-state index contributed by atoms with van der Waals surface area (Å²) in [5.74, 6) is 1.16. The first-order chi connectivity index (χ1) is 13.6. The van der Waals surface area contributed by atoms with E-state index in [-0.39, 0.29) is 5.41 Å². The second-order valence-electron chi connectivity index (χ2n) is 11.5. The van der Waals surface area contributed by atoms with Crippen molar-refractivity contribution in [1.82, 2.24) is 0 Å². The highest BCUT2D eigenvalue weighted by Crippen LogP contribution is 2.43. The molecule has 0 N–H and O–H groups in total. The summed E-state index contributed by atoms with van der Waals surface area (Å²) in [6.45, 7) is 25.4. The minimum atomic E-state index is -1.95. The molecule has 1 aliphatic rings. The molecule has 0 aromatic rings. The van der Waals surface area contributed by atoms with Gasteiger partial charge in [-0.1, -0.05) is 78.0 Å². The fraction of sp³-hybridized carbons (Fsp3) is 0.760. The molecule has 172 valence electrons. The lowest BCUT2D eigenvalue weighted by atomic mass is 9.81. The lowest BCUT2D eigenvalue weighted by molar-refractivity contribution is 0.342. The van der Waals surface area contributed by atoms with E-state index in [0.29, 0.717) is 22.5 Å². The molecule has 0 heterocycles. The third-order valence-electron chi connectivity index (χ3n) is 6.00. The quantitative estimate of drug-likeness (QED) is 0.115. The highest BCUT2D eigenvalue weighted by atomic mass is 127. The number of hydrogen-bond donors (Lipinski definition) is 0. The van der Waals surface area contributed by atoms with E-state index < -0.39 is 16.6 Å². The van der Waals surface area contributed by atoms with Crippen molar-refractivity contribution >= 4 is 39.2 Å². The standard InChI is InChI=1S/C25H45IO2Si2/c1-19(2)30(20(3)4,21(5)6)27-17-22-13-12-14-24(28-29(9,10)11)15-23(22)16-25(7,8)18-26/h15,17,19-21,23H,13,16,18H2,1-11H3/b22-17+. The summed E-state index contributed by atoms with van der Waals surface area (Å²) in [5.41, 5.74) is 3.26. The minimum Gasteiger partial charge on any atom is -0.548 e. The van der Waals surface area contributed by atoms with Gasteiger partial charge in [0.25, 0.3) is 8.32 Å². The van der Waals surface area contributed by atoms with Gasteiger partial charge in [-0.2, -0.15) is 0 Å². The van der Waals surface area contributed by atoms with Crippen molar-refractivity contribution in [2.24, 2.45) is 11.3 Å². The molecule has 0 saturated carbocycles. The average molecular weight is 561 g/mol. The van der Waals surface area contributed by atoms with Crippen LogP contribution in [0.5, 0.6) is 0 Å². The summed E-state index contributed by atoms with van der Waals surface area (Å²) in [6.07, 6.45) is 12.9. The Morgan fingerprint density at radius 1 is 1.10 bits per heavy atom. The maximum Gasteiger partial charge on any atom is 0.257 e. The molecule has 0 aromatic heterocycles. The Morgan fingerprint density at radius 3 is 2.07 bits per heavy atom. The van der Waals surface area contributed by atoms with Gasteiger partial charge in [-0.15, -0.1) is 0 Å². The summed E-state index contributed by atoms with van der Waals surface area (Å²) < 4.78 is 14.3. The maximum absolute atomic E-state index is 6.87. The number of hydrogen-bond acceptors (Lipinski definition) is 2. The Morgan fingerprint density at radius 2 is 1.63 bits per heavy atom. The van der Waals surface area contributed by atoms with Crippen LogP contribution >= 0.6 is 22.6 Å². The summed E-state index contributed by atoms with van der Waals surface area (Å²) in [6, 6.07) is 0. The third kappa shape index (κ3) is 7.84. The molecule has 0 aromatic carbocycles. The van der Waals surface area contributed by atoms with Crippen LogP contribution in [0.25, 0.3) is 0 Å². The summed E-state index contributed by atoms with van der Waals surface area (Å²) in [7, 11) is -3.65. The van der Waals surface area contributed by atoms with Gasteiger partial charge in [-0.25, -0.2) is 0 Å². The van der Waals surface area contributed by atoms with Crippen LogP contribution in [0.15, 0.2) is 23.7 Å². The lowest BCUT2D eigenvalue weighted by Gasteiger charge is -2.41. The number of rotatable bonds is 10. The molecule has 5 heteroatoms. The highest BCUT2D eigenvalue weighted by molar-refractivity contribution is 14.1. The van der Waals surface area contributed by atoms with E-state index in [9.17, 15) is 0 Å². The SMILES string of the molecule is CC(C)[Si](O/C=C1\C[C]=[C]C(O[Si](C)(C)C)=CC1CC(C)(C)CI)(C(C)C)C(C)C.